The van der Waals surface area contributed by atoms with Crippen LogP contribution in [0.1, 0.15) is 25.3 Å². The summed E-state index contributed by atoms with van der Waals surface area (Å²) in [6.07, 6.45) is 2.56. The van der Waals surface area contributed by atoms with E-state index < -0.39 is 0 Å². The predicted molar refractivity (Wildman–Crippen MR) is 76.3 cm³/mol. The number of hydrogen-bond donors (Lipinski definition) is 1. The summed E-state index contributed by atoms with van der Waals surface area (Å²) in [7, 11) is 3.31. The molecule has 1 aromatic rings. The number of ether oxygens (including phenoxy) is 3. The van der Waals surface area contributed by atoms with Crippen molar-refractivity contribution in [2.75, 3.05) is 26.1 Å². The summed E-state index contributed by atoms with van der Waals surface area (Å²) in [5.74, 6) is 1.53. The van der Waals surface area contributed by atoms with Crippen molar-refractivity contribution in [1.29, 1.82) is 0 Å². The molecule has 0 bridgehead atoms. The van der Waals surface area contributed by atoms with E-state index in [1.807, 2.05) is 19.1 Å². The van der Waals surface area contributed by atoms with Crippen LogP contribution in [-0.2, 0) is 4.74 Å². The van der Waals surface area contributed by atoms with Crippen LogP contribution >= 0.6 is 0 Å². The largest absolute Gasteiger partial charge is 0.493 e. The molecule has 0 aromatic heterocycles. The van der Waals surface area contributed by atoms with E-state index in [0.29, 0.717) is 12.1 Å². The Labute approximate surface area is 115 Å². The van der Waals surface area contributed by atoms with Gasteiger partial charge in [-0.1, -0.05) is 0 Å². The third kappa shape index (κ3) is 3.13. The minimum atomic E-state index is 0.419. The van der Waals surface area contributed by atoms with E-state index in [9.17, 15) is 0 Å². The molecule has 1 aliphatic rings. The molecule has 0 saturated heterocycles. The predicted octanol–water partition coefficient (Wildman–Crippen LogP) is 2.99. The highest BCUT2D eigenvalue weighted by Crippen LogP contribution is 2.35. The van der Waals surface area contributed by atoms with Crippen molar-refractivity contribution >= 4 is 5.69 Å². The monoisotopic (exact) mass is 265 g/mol. The fourth-order valence-electron chi connectivity index (χ4n) is 2.41. The number of hydrogen-bond acceptors (Lipinski definition) is 4. The quantitative estimate of drug-likeness (QED) is 0.858. The number of anilines is 1. The van der Waals surface area contributed by atoms with Gasteiger partial charge in [0.05, 0.1) is 20.3 Å². The Morgan fingerprint density at radius 1 is 1.16 bits per heavy atom. The molecule has 19 heavy (non-hydrogen) atoms. The number of methoxy groups -OCH3 is 2. The number of aryl methyl sites for hydroxylation is 1. The second kappa shape index (κ2) is 6.15. The van der Waals surface area contributed by atoms with Crippen molar-refractivity contribution in [2.24, 2.45) is 0 Å². The maximum atomic E-state index is 5.57. The smallest absolute Gasteiger partial charge is 0.162 e. The van der Waals surface area contributed by atoms with E-state index in [-0.39, 0.29) is 0 Å². The maximum Gasteiger partial charge on any atom is 0.162 e. The molecule has 0 unspecified atom stereocenters. The van der Waals surface area contributed by atoms with E-state index >= 15 is 0 Å². The number of benzene rings is 1. The van der Waals surface area contributed by atoms with Crippen molar-refractivity contribution in [3.05, 3.63) is 17.7 Å². The first kappa shape index (κ1) is 14.0. The minimum Gasteiger partial charge on any atom is -0.493 e. The van der Waals surface area contributed by atoms with Gasteiger partial charge in [-0.15, -0.1) is 0 Å². The lowest BCUT2D eigenvalue weighted by Gasteiger charge is -2.36. The van der Waals surface area contributed by atoms with Gasteiger partial charge in [-0.2, -0.15) is 0 Å². The van der Waals surface area contributed by atoms with Gasteiger partial charge in [0.2, 0.25) is 0 Å². The summed E-state index contributed by atoms with van der Waals surface area (Å²) in [5, 5.41) is 3.55. The second-order valence-corrected chi connectivity index (χ2v) is 4.91. The lowest BCUT2D eigenvalue weighted by atomic mass is 9.89. The normalized spacial score (nSPS) is 21.7. The fraction of sp³-hybridized carbons (Fsp3) is 0.600. The lowest BCUT2D eigenvalue weighted by Crippen LogP contribution is -2.40. The summed E-state index contributed by atoms with van der Waals surface area (Å²) in [6, 6.07) is 4.50. The SMILES string of the molecule is CCOC1CC(Nc2cc(OC)c(OC)cc2C)C1. The first-order valence-electron chi connectivity index (χ1n) is 6.78. The van der Waals surface area contributed by atoms with Gasteiger partial charge < -0.3 is 19.5 Å². The molecule has 0 aliphatic heterocycles. The van der Waals surface area contributed by atoms with Crippen molar-refractivity contribution in [1.82, 2.24) is 0 Å². The lowest BCUT2D eigenvalue weighted by molar-refractivity contribution is 0.00298. The third-order valence-electron chi connectivity index (χ3n) is 3.59. The minimum absolute atomic E-state index is 0.419. The highest BCUT2D eigenvalue weighted by atomic mass is 16.5. The van der Waals surface area contributed by atoms with Gasteiger partial charge in [0.15, 0.2) is 11.5 Å². The zero-order valence-electron chi connectivity index (χ0n) is 12.2. The molecule has 0 amide bonds. The molecule has 4 heteroatoms. The molecule has 1 aromatic carbocycles. The van der Waals surface area contributed by atoms with Gasteiger partial charge in [0, 0.05) is 24.4 Å². The number of nitrogens with one attached hydrogen (secondary N) is 1. The van der Waals surface area contributed by atoms with Crippen molar-refractivity contribution in [3.8, 4) is 11.5 Å². The molecule has 1 fully saturated rings. The van der Waals surface area contributed by atoms with Crippen LogP contribution in [0.25, 0.3) is 0 Å². The van der Waals surface area contributed by atoms with Gasteiger partial charge in [0.1, 0.15) is 0 Å². The zero-order chi connectivity index (χ0) is 13.8. The summed E-state index contributed by atoms with van der Waals surface area (Å²) >= 11 is 0. The van der Waals surface area contributed by atoms with E-state index in [2.05, 4.69) is 12.2 Å². The van der Waals surface area contributed by atoms with E-state index in [4.69, 9.17) is 14.2 Å². The maximum absolute atomic E-state index is 5.57. The van der Waals surface area contributed by atoms with E-state index in [1.165, 1.54) is 0 Å². The van der Waals surface area contributed by atoms with Gasteiger partial charge in [-0.25, -0.2) is 0 Å². The van der Waals surface area contributed by atoms with Gasteiger partial charge >= 0.3 is 0 Å². The molecule has 106 valence electrons. The molecule has 1 saturated carbocycles. The Balaban J connectivity index is 2.01. The van der Waals surface area contributed by atoms with Gasteiger partial charge in [0.25, 0.3) is 0 Å². The Morgan fingerprint density at radius 2 is 1.79 bits per heavy atom. The Hall–Kier alpha value is -1.42. The van der Waals surface area contributed by atoms with Crippen molar-refractivity contribution < 1.29 is 14.2 Å². The summed E-state index contributed by atoms with van der Waals surface area (Å²) in [6.45, 7) is 4.91. The fourth-order valence-corrected chi connectivity index (χ4v) is 2.41. The molecular weight excluding hydrogens is 242 g/mol. The van der Waals surface area contributed by atoms with E-state index in [0.717, 1.165) is 42.2 Å². The average molecular weight is 265 g/mol. The number of rotatable bonds is 6. The van der Waals surface area contributed by atoms with Crippen LogP contribution in [0, 0.1) is 6.92 Å². The molecule has 0 spiro atoms. The molecule has 0 heterocycles. The van der Waals surface area contributed by atoms with Crippen LogP contribution < -0.4 is 14.8 Å². The average Bonchev–Trinajstić information content (AvgIpc) is 2.37. The van der Waals surface area contributed by atoms with Gasteiger partial charge in [-0.05, 0) is 38.3 Å². The molecule has 1 N–H and O–H groups in total. The van der Waals surface area contributed by atoms with Crippen LogP contribution in [0.15, 0.2) is 12.1 Å². The molecule has 4 nitrogen and oxygen atoms in total. The topological polar surface area (TPSA) is 39.7 Å². The Kier molecular flexibility index (Phi) is 4.53. The molecule has 2 rings (SSSR count). The van der Waals surface area contributed by atoms with E-state index in [1.54, 1.807) is 14.2 Å². The summed E-state index contributed by atoms with van der Waals surface area (Å²) < 4.78 is 16.2. The first-order valence-corrected chi connectivity index (χ1v) is 6.78. The van der Waals surface area contributed by atoms with Crippen molar-refractivity contribution in [2.45, 2.75) is 38.8 Å². The van der Waals surface area contributed by atoms with Gasteiger partial charge in [-0.3, -0.25) is 0 Å². The molecular formula is C15H23NO3. The first-order chi connectivity index (χ1) is 9.17. The third-order valence-corrected chi connectivity index (χ3v) is 3.59. The van der Waals surface area contributed by atoms with Crippen molar-refractivity contribution in [3.63, 3.8) is 0 Å². The molecule has 0 radical (unpaired) electrons. The summed E-state index contributed by atoms with van der Waals surface area (Å²) in [5.41, 5.74) is 2.27. The van der Waals surface area contributed by atoms with Crippen LogP contribution in [0.2, 0.25) is 0 Å². The standard InChI is InChI=1S/C15H23NO3/c1-5-19-12-7-11(8-12)16-13-9-15(18-4)14(17-3)6-10(13)2/h6,9,11-12,16H,5,7-8H2,1-4H3. The van der Waals surface area contributed by atoms with Crippen LogP contribution in [0.4, 0.5) is 5.69 Å². The highest BCUT2D eigenvalue weighted by molar-refractivity contribution is 5.60. The van der Waals surface area contributed by atoms with Crippen LogP contribution in [0.3, 0.4) is 0 Å². The van der Waals surface area contributed by atoms with Crippen LogP contribution in [0.5, 0.6) is 11.5 Å². The highest BCUT2D eigenvalue weighted by Gasteiger charge is 2.29. The second-order valence-electron chi connectivity index (χ2n) is 4.91. The molecule has 0 atom stereocenters. The molecule has 1 aliphatic carbocycles. The summed E-state index contributed by atoms with van der Waals surface area (Å²) in [4.78, 5) is 0. The Morgan fingerprint density at radius 3 is 2.37 bits per heavy atom. The zero-order valence-corrected chi connectivity index (χ0v) is 12.2. The van der Waals surface area contributed by atoms with Crippen LogP contribution in [-0.4, -0.2) is 33.0 Å². The Bertz CT molecular complexity index is 428.